The molecular weight excluding hydrogens is 558 g/mol. The summed E-state index contributed by atoms with van der Waals surface area (Å²) >= 11 is 0. The number of hydrogen-bond donors (Lipinski definition) is 5. The molecule has 0 saturated heterocycles. The van der Waals surface area contributed by atoms with E-state index in [0.29, 0.717) is 13.0 Å². The van der Waals surface area contributed by atoms with E-state index in [0.717, 1.165) is 22.3 Å². The zero-order valence-corrected chi connectivity index (χ0v) is 20.3. The van der Waals surface area contributed by atoms with Crippen molar-refractivity contribution in [3.8, 4) is 0 Å². The molecule has 17 heteroatoms. The van der Waals surface area contributed by atoms with Gasteiger partial charge in [0.15, 0.2) is 0 Å². The van der Waals surface area contributed by atoms with Crippen molar-refractivity contribution in [1.82, 2.24) is 0 Å². The second kappa shape index (κ2) is 17.0. The van der Waals surface area contributed by atoms with Crippen molar-refractivity contribution in [2.75, 3.05) is 0 Å². The fraction of sp³-hybridized carbons (Fsp3) is 0.261. The predicted molar refractivity (Wildman–Crippen MR) is 128 cm³/mol. The van der Waals surface area contributed by atoms with Gasteiger partial charge in [-0.25, -0.2) is 9.59 Å². The average molecular weight is 582 g/mol. The highest BCUT2D eigenvalue weighted by atomic mass is 19.4. The molecule has 1 atom stereocenters. The molecule has 2 aromatic carbocycles. The van der Waals surface area contributed by atoms with Crippen LogP contribution in [0.25, 0.3) is 0 Å². The van der Waals surface area contributed by atoms with Crippen LogP contribution in [0.2, 0.25) is 0 Å². The molecule has 0 heterocycles. The second-order valence-electron chi connectivity index (χ2n) is 7.31. The summed E-state index contributed by atoms with van der Waals surface area (Å²) in [7, 11) is 0. The first-order valence-corrected chi connectivity index (χ1v) is 10.6. The van der Waals surface area contributed by atoms with E-state index in [4.69, 9.17) is 41.3 Å². The number of carbonyl (C=O) groups is 3. The first kappa shape index (κ1) is 35.3. The Morgan fingerprint density at radius 1 is 0.825 bits per heavy atom. The summed E-state index contributed by atoms with van der Waals surface area (Å²) in [5.74, 6) is 3.96. The summed E-state index contributed by atoms with van der Waals surface area (Å²) in [6.07, 6.45) is -7.02. The van der Waals surface area contributed by atoms with Crippen LogP contribution < -0.4 is 11.7 Å². The third-order valence-corrected chi connectivity index (χ3v) is 4.27. The van der Waals surface area contributed by atoms with Gasteiger partial charge in [0.25, 0.3) is 0 Å². The molecule has 0 amide bonds. The number of ether oxygens (including phenoxy) is 1. The molecule has 11 nitrogen and oxygen atoms in total. The van der Waals surface area contributed by atoms with E-state index in [9.17, 15) is 31.1 Å². The standard InChI is InChI=1S/C19H22N4O3.2C2HF3O2/c20-22-11-14-4-6-15(7-5-14)13-26-18(8-9-19(24)25)17-3-1-2-16(10-17)12-23-21;2*3-2(4,5)1(6)7/h1-7,10-12,18H,8-9,13,20-21H2,(H,24,25);2*(H,6,7). The summed E-state index contributed by atoms with van der Waals surface area (Å²) in [5.41, 5.74) is 3.58. The van der Waals surface area contributed by atoms with Gasteiger partial charge in [0, 0.05) is 6.42 Å². The first-order chi connectivity index (χ1) is 18.5. The van der Waals surface area contributed by atoms with E-state index in [2.05, 4.69) is 10.2 Å². The van der Waals surface area contributed by atoms with E-state index in [-0.39, 0.29) is 12.5 Å². The number of alkyl halides is 6. The van der Waals surface area contributed by atoms with E-state index in [1.54, 1.807) is 6.21 Å². The van der Waals surface area contributed by atoms with Gasteiger partial charge in [-0.15, -0.1) is 0 Å². The molecule has 220 valence electrons. The van der Waals surface area contributed by atoms with Gasteiger partial charge < -0.3 is 31.7 Å². The van der Waals surface area contributed by atoms with Crippen LogP contribution in [0.3, 0.4) is 0 Å². The largest absolute Gasteiger partial charge is 0.490 e. The van der Waals surface area contributed by atoms with Crippen LogP contribution in [0.1, 0.15) is 41.2 Å². The van der Waals surface area contributed by atoms with Gasteiger partial charge in [0.05, 0.1) is 25.1 Å². The van der Waals surface area contributed by atoms with E-state index in [1.165, 1.54) is 6.21 Å². The van der Waals surface area contributed by atoms with Crippen molar-refractivity contribution in [2.24, 2.45) is 21.9 Å². The van der Waals surface area contributed by atoms with Crippen LogP contribution in [-0.4, -0.2) is 58.0 Å². The molecule has 7 N–H and O–H groups in total. The van der Waals surface area contributed by atoms with E-state index < -0.39 is 30.3 Å². The average Bonchev–Trinajstić information content (AvgIpc) is 2.85. The fourth-order valence-corrected chi connectivity index (χ4v) is 2.51. The van der Waals surface area contributed by atoms with E-state index >= 15 is 0 Å². The Morgan fingerprint density at radius 2 is 1.30 bits per heavy atom. The van der Waals surface area contributed by atoms with E-state index in [1.807, 2.05) is 48.5 Å². The molecule has 0 aliphatic heterocycles. The zero-order valence-electron chi connectivity index (χ0n) is 20.3. The maximum Gasteiger partial charge on any atom is 0.490 e. The monoisotopic (exact) mass is 582 g/mol. The van der Waals surface area contributed by atoms with Gasteiger partial charge in [-0.05, 0) is 34.7 Å². The molecule has 2 rings (SSSR count). The lowest BCUT2D eigenvalue weighted by Gasteiger charge is -2.18. The minimum absolute atomic E-state index is 0.0196. The molecule has 1 unspecified atom stereocenters. The summed E-state index contributed by atoms with van der Waals surface area (Å²) < 4.78 is 69.5. The molecule has 0 radical (unpaired) electrons. The molecule has 0 spiro atoms. The molecule has 2 aromatic rings. The molecule has 0 bridgehead atoms. The molecule has 0 aliphatic carbocycles. The van der Waals surface area contributed by atoms with Crippen molar-refractivity contribution in [2.45, 2.75) is 37.9 Å². The summed E-state index contributed by atoms with van der Waals surface area (Å²) in [6.45, 7) is 0.361. The molecule has 0 saturated carbocycles. The predicted octanol–water partition coefficient (Wildman–Crippen LogP) is 3.66. The number of rotatable bonds is 9. The van der Waals surface area contributed by atoms with Crippen molar-refractivity contribution in [3.05, 3.63) is 70.8 Å². The summed E-state index contributed by atoms with van der Waals surface area (Å²) in [4.78, 5) is 28.8. The number of carboxylic acid groups (broad SMARTS) is 3. The SMILES string of the molecule is NN=Cc1ccc(COC(CCC(=O)O)c2cccc(C=NN)c2)cc1.O=C(O)C(F)(F)F.O=C(O)C(F)(F)F. The highest BCUT2D eigenvalue weighted by molar-refractivity contribution is 5.80. The van der Waals surface area contributed by atoms with Crippen molar-refractivity contribution in [3.63, 3.8) is 0 Å². The Morgan fingerprint density at radius 3 is 1.73 bits per heavy atom. The minimum Gasteiger partial charge on any atom is -0.481 e. The number of aliphatic carboxylic acids is 3. The van der Waals surface area contributed by atoms with Crippen molar-refractivity contribution in [1.29, 1.82) is 0 Å². The Bertz CT molecular complexity index is 1130. The third kappa shape index (κ3) is 15.6. The van der Waals surface area contributed by atoms with Crippen LogP contribution in [-0.2, 0) is 25.7 Å². The Labute approximate surface area is 222 Å². The minimum atomic E-state index is -5.08. The van der Waals surface area contributed by atoms with Gasteiger partial charge in [-0.2, -0.15) is 36.5 Å². The molecule has 0 aliphatic rings. The topological polar surface area (TPSA) is 198 Å². The summed E-state index contributed by atoms with van der Waals surface area (Å²) in [6, 6.07) is 15.1. The quantitative estimate of drug-likeness (QED) is 0.127. The van der Waals surface area contributed by atoms with Crippen LogP contribution in [0.15, 0.2) is 58.7 Å². The van der Waals surface area contributed by atoms with Gasteiger partial charge in [0.2, 0.25) is 0 Å². The van der Waals surface area contributed by atoms with Crippen LogP contribution in [0.5, 0.6) is 0 Å². The maximum absolute atomic E-state index is 11.0. The van der Waals surface area contributed by atoms with Gasteiger partial charge in [-0.1, -0.05) is 42.5 Å². The highest BCUT2D eigenvalue weighted by Crippen LogP contribution is 2.25. The number of hydrazone groups is 2. The Balaban J connectivity index is 0.000000894. The third-order valence-electron chi connectivity index (χ3n) is 4.27. The number of carboxylic acids is 3. The lowest BCUT2D eigenvalue weighted by molar-refractivity contribution is -0.193. The molecular formula is C23H24F6N4O7. The number of hydrogen-bond acceptors (Lipinski definition) is 8. The Kier molecular flexibility index (Phi) is 15.0. The lowest BCUT2D eigenvalue weighted by atomic mass is 10.0. The van der Waals surface area contributed by atoms with Gasteiger partial charge >= 0.3 is 30.3 Å². The first-order valence-electron chi connectivity index (χ1n) is 10.6. The smallest absolute Gasteiger partial charge is 0.481 e. The zero-order chi connectivity index (χ0) is 30.9. The van der Waals surface area contributed by atoms with Crippen LogP contribution in [0, 0.1) is 0 Å². The Hall–Kier alpha value is -4.67. The highest BCUT2D eigenvalue weighted by Gasteiger charge is 2.38. The fourth-order valence-electron chi connectivity index (χ4n) is 2.51. The van der Waals surface area contributed by atoms with Crippen LogP contribution in [0.4, 0.5) is 26.3 Å². The number of nitrogens with two attached hydrogens (primary N) is 2. The summed E-state index contributed by atoms with van der Waals surface area (Å²) in [5, 5.41) is 30.2. The second-order valence-corrected chi connectivity index (χ2v) is 7.31. The normalized spacial score (nSPS) is 12.2. The number of nitrogens with zero attached hydrogens (tertiary/aromatic N) is 2. The number of benzene rings is 2. The molecule has 0 fully saturated rings. The van der Waals surface area contributed by atoms with Gasteiger partial charge in [0.1, 0.15) is 0 Å². The lowest BCUT2D eigenvalue weighted by Crippen LogP contribution is -2.21. The molecule has 40 heavy (non-hydrogen) atoms. The number of halogens is 6. The van der Waals surface area contributed by atoms with Crippen LogP contribution >= 0.6 is 0 Å². The molecule has 0 aromatic heterocycles. The van der Waals surface area contributed by atoms with Gasteiger partial charge in [-0.3, -0.25) is 4.79 Å². The van der Waals surface area contributed by atoms with Crippen molar-refractivity contribution >= 4 is 30.3 Å². The maximum atomic E-state index is 11.0. The van der Waals surface area contributed by atoms with Crippen molar-refractivity contribution < 1.29 is 60.8 Å².